The predicted molar refractivity (Wildman–Crippen MR) is 49.7 cm³/mol. The molecule has 1 heterocycles. The SMILES string of the molecule is CCCCc1nn(C2CC2)c(=O)[nH]1. The van der Waals surface area contributed by atoms with Crippen molar-refractivity contribution in [1.82, 2.24) is 14.8 Å². The summed E-state index contributed by atoms with van der Waals surface area (Å²) in [5.74, 6) is 0.846. The van der Waals surface area contributed by atoms with Crippen molar-refractivity contribution in [3.8, 4) is 0 Å². The highest BCUT2D eigenvalue weighted by molar-refractivity contribution is 4.88. The van der Waals surface area contributed by atoms with E-state index >= 15 is 0 Å². The molecule has 0 bridgehead atoms. The van der Waals surface area contributed by atoms with Crippen molar-refractivity contribution in [2.24, 2.45) is 0 Å². The number of H-pyrrole nitrogens is 1. The average Bonchev–Trinajstić information content (AvgIpc) is 2.88. The van der Waals surface area contributed by atoms with Crippen LogP contribution in [0.25, 0.3) is 0 Å². The number of nitrogens with one attached hydrogen (secondary N) is 1. The lowest BCUT2D eigenvalue weighted by molar-refractivity contribution is 0.605. The molecular weight excluding hydrogens is 166 g/mol. The number of aryl methyl sites for hydroxylation is 1. The molecule has 0 radical (unpaired) electrons. The maximum absolute atomic E-state index is 11.3. The highest BCUT2D eigenvalue weighted by Gasteiger charge is 2.26. The van der Waals surface area contributed by atoms with Gasteiger partial charge in [0.05, 0.1) is 6.04 Å². The lowest BCUT2D eigenvalue weighted by atomic mass is 10.2. The van der Waals surface area contributed by atoms with Gasteiger partial charge in [0.15, 0.2) is 0 Å². The zero-order valence-corrected chi connectivity index (χ0v) is 7.92. The zero-order chi connectivity index (χ0) is 9.26. The smallest absolute Gasteiger partial charge is 0.293 e. The highest BCUT2D eigenvalue weighted by atomic mass is 16.2. The fourth-order valence-corrected chi connectivity index (χ4v) is 1.40. The van der Waals surface area contributed by atoms with Gasteiger partial charge in [-0.25, -0.2) is 9.48 Å². The molecule has 1 aliphatic carbocycles. The minimum Gasteiger partial charge on any atom is -0.293 e. The molecule has 1 N–H and O–H groups in total. The van der Waals surface area contributed by atoms with Crippen molar-refractivity contribution in [3.05, 3.63) is 16.3 Å². The van der Waals surface area contributed by atoms with Gasteiger partial charge in [-0.05, 0) is 19.3 Å². The molecule has 1 fully saturated rings. The Hall–Kier alpha value is -1.06. The number of unbranched alkanes of at least 4 members (excludes halogenated alkanes) is 1. The topological polar surface area (TPSA) is 50.7 Å². The number of nitrogens with zero attached hydrogens (tertiary/aromatic N) is 2. The fraction of sp³-hybridized carbons (Fsp3) is 0.778. The Morgan fingerprint density at radius 2 is 2.38 bits per heavy atom. The van der Waals surface area contributed by atoms with Crippen LogP contribution in [-0.4, -0.2) is 14.8 Å². The van der Waals surface area contributed by atoms with Crippen molar-refractivity contribution in [2.75, 3.05) is 0 Å². The summed E-state index contributed by atoms with van der Waals surface area (Å²) in [5, 5.41) is 4.26. The maximum Gasteiger partial charge on any atom is 0.343 e. The van der Waals surface area contributed by atoms with E-state index in [0.717, 1.165) is 37.9 Å². The minimum absolute atomic E-state index is 0.0337. The normalized spacial score (nSPS) is 16.4. The van der Waals surface area contributed by atoms with Crippen LogP contribution in [0.2, 0.25) is 0 Å². The van der Waals surface area contributed by atoms with Crippen LogP contribution in [0.1, 0.15) is 44.5 Å². The third kappa shape index (κ3) is 1.82. The van der Waals surface area contributed by atoms with Crippen molar-refractivity contribution in [1.29, 1.82) is 0 Å². The molecule has 2 rings (SSSR count). The molecule has 4 nitrogen and oxygen atoms in total. The van der Waals surface area contributed by atoms with Gasteiger partial charge in [-0.1, -0.05) is 13.3 Å². The van der Waals surface area contributed by atoms with E-state index < -0.39 is 0 Å². The van der Waals surface area contributed by atoms with Gasteiger partial charge >= 0.3 is 5.69 Å². The van der Waals surface area contributed by atoms with Gasteiger partial charge in [0.2, 0.25) is 0 Å². The van der Waals surface area contributed by atoms with Gasteiger partial charge in [-0.2, -0.15) is 5.10 Å². The number of aromatic amines is 1. The molecule has 1 aromatic rings. The first kappa shape index (κ1) is 8.53. The van der Waals surface area contributed by atoms with E-state index in [4.69, 9.17) is 0 Å². The van der Waals surface area contributed by atoms with Gasteiger partial charge in [-0.3, -0.25) is 4.98 Å². The van der Waals surface area contributed by atoms with E-state index in [-0.39, 0.29) is 5.69 Å². The van der Waals surface area contributed by atoms with Crippen molar-refractivity contribution < 1.29 is 0 Å². The van der Waals surface area contributed by atoms with E-state index in [9.17, 15) is 4.79 Å². The van der Waals surface area contributed by atoms with E-state index in [1.807, 2.05) is 0 Å². The van der Waals surface area contributed by atoms with E-state index in [0.29, 0.717) is 6.04 Å². The summed E-state index contributed by atoms with van der Waals surface area (Å²) in [6.45, 7) is 2.13. The van der Waals surface area contributed by atoms with Gasteiger partial charge < -0.3 is 0 Å². The Morgan fingerprint density at radius 3 is 3.00 bits per heavy atom. The van der Waals surface area contributed by atoms with Crippen LogP contribution in [0.5, 0.6) is 0 Å². The molecule has 13 heavy (non-hydrogen) atoms. The Kier molecular flexibility index (Phi) is 2.20. The van der Waals surface area contributed by atoms with Crippen molar-refractivity contribution >= 4 is 0 Å². The summed E-state index contributed by atoms with van der Waals surface area (Å²) in [6.07, 6.45) is 5.34. The molecule has 1 saturated carbocycles. The molecule has 0 atom stereocenters. The fourth-order valence-electron chi connectivity index (χ4n) is 1.40. The van der Waals surface area contributed by atoms with Crippen molar-refractivity contribution in [2.45, 2.75) is 45.1 Å². The second-order valence-corrected chi connectivity index (χ2v) is 3.66. The van der Waals surface area contributed by atoms with Gasteiger partial charge in [0.25, 0.3) is 0 Å². The largest absolute Gasteiger partial charge is 0.343 e. The molecule has 0 amide bonds. The summed E-state index contributed by atoms with van der Waals surface area (Å²) >= 11 is 0. The molecule has 0 aliphatic heterocycles. The number of aromatic nitrogens is 3. The number of rotatable bonds is 4. The summed E-state index contributed by atoms with van der Waals surface area (Å²) in [5.41, 5.74) is -0.0337. The standard InChI is InChI=1S/C9H15N3O/c1-2-3-4-8-10-9(13)12(11-8)7-5-6-7/h7H,2-6H2,1H3,(H,10,11,13). The van der Waals surface area contributed by atoms with Crippen LogP contribution in [0.15, 0.2) is 4.79 Å². The molecule has 0 spiro atoms. The molecule has 1 aromatic heterocycles. The van der Waals surface area contributed by atoms with E-state index in [1.54, 1.807) is 4.68 Å². The van der Waals surface area contributed by atoms with Crippen molar-refractivity contribution in [3.63, 3.8) is 0 Å². The number of hydrogen-bond acceptors (Lipinski definition) is 2. The number of hydrogen-bond donors (Lipinski definition) is 1. The second-order valence-electron chi connectivity index (χ2n) is 3.66. The molecule has 4 heteroatoms. The van der Waals surface area contributed by atoms with E-state index in [1.165, 1.54) is 0 Å². The quantitative estimate of drug-likeness (QED) is 0.760. The Balaban J connectivity index is 2.10. The highest BCUT2D eigenvalue weighted by Crippen LogP contribution is 2.32. The van der Waals surface area contributed by atoms with Crippen LogP contribution >= 0.6 is 0 Å². The third-order valence-electron chi connectivity index (χ3n) is 2.35. The molecule has 0 aromatic carbocycles. The molecule has 72 valence electrons. The van der Waals surface area contributed by atoms with Crippen LogP contribution < -0.4 is 5.69 Å². The minimum atomic E-state index is -0.0337. The lowest BCUT2D eigenvalue weighted by Gasteiger charge is -1.92. The van der Waals surface area contributed by atoms with Gasteiger partial charge in [-0.15, -0.1) is 0 Å². The summed E-state index contributed by atoms with van der Waals surface area (Å²) in [6, 6.07) is 0.388. The van der Waals surface area contributed by atoms with Gasteiger partial charge in [0.1, 0.15) is 5.82 Å². The summed E-state index contributed by atoms with van der Waals surface area (Å²) < 4.78 is 1.60. The first-order valence-electron chi connectivity index (χ1n) is 4.99. The molecule has 0 saturated heterocycles. The molecule has 0 unspecified atom stereocenters. The summed E-state index contributed by atoms with van der Waals surface area (Å²) in [7, 11) is 0. The Morgan fingerprint density at radius 1 is 1.62 bits per heavy atom. The van der Waals surface area contributed by atoms with E-state index in [2.05, 4.69) is 17.0 Å². The van der Waals surface area contributed by atoms with Crippen LogP contribution in [0.3, 0.4) is 0 Å². The Bertz CT molecular complexity index is 335. The first-order valence-corrected chi connectivity index (χ1v) is 4.99. The monoisotopic (exact) mass is 181 g/mol. The van der Waals surface area contributed by atoms with Gasteiger partial charge in [0, 0.05) is 6.42 Å². The zero-order valence-electron chi connectivity index (χ0n) is 7.92. The first-order chi connectivity index (χ1) is 6.31. The maximum atomic E-state index is 11.3. The van der Waals surface area contributed by atoms with Crippen LogP contribution in [-0.2, 0) is 6.42 Å². The molecule has 1 aliphatic rings. The third-order valence-corrected chi connectivity index (χ3v) is 2.35. The lowest BCUT2D eigenvalue weighted by Crippen LogP contribution is -2.16. The predicted octanol–water partition coefficient (Wildman–Crippen LogP) is 1.25. The Labute approximate surface area is 77.0 Å². The summed E-state index contributed by atoms with van der Waals surface area (Å²) in [4.78, 5) is 14.1. The van der Waals surface area contributed by atoms with Crippen LogP contribution in [0, 0.1) is 0 Å². The molecular formula is C9H15N3O. The second kappa shape index (κ2) is 3.36. The average molecular weight is 181 g/mol. The van der Waals surface area contributed by atoms with Crippen LogP contribution in [0.4, 0.5) is 0 Å².